The molecule has 0 atom stereocenters. The molecule has 6 heteroatoms. The summed E-state index contributed by atoms with van der Waals surface area (Å²) in [6, 6.07) is 0. The van der Waals surface area contributed by atoms with E-state index in [1.807, 2.05) is 0 Å². The molecule has 0 nitrogen and oxygen atoms in total. The lowest BCUT2D eigenvalue weighted by molar-refractivity contribution is 1.30. The molecule has 0 bridgehead atoms. The average Bonchev–Trinajstić information content (AvgIpc) is 2.20. The maximum Gasteiger partial charge on any atom is 0.0797 e. The van der Waals surface area contributed by atoms with Crippen molar-refractivity contribution in [3.05, 3.63) is 31.2 Å². The third-order valence-corrected chi connectivity index (χ3v) is 4.74. The van der Waals surface area contributed by atoms with E-state index in [0.29, 0.717) is 30.8 Å². The monoisotopic (exact) mass is 398 g/mol. The Balaban J connectivity index is 3.57. The smallest absolute Gasteiger partial charge is 0.0797 e. The summed E-state index contributed by atoms with van der Waals surface area (Å²) in [4.78, 5) is 0. The van der Waals surface area contributed by atoms with Crippen LogP contribution in [0, 0.1) is 0 Å². The van der Waals surface area contributed by atoms with E-state index >= 15 is 0 Å². The second-order valence-corrected chi connectivity index (χ2v) is 5.11. The maximum atomic E-state index is 6.03. The predicted molar refractivity (Wildman–Crippen MR) is 71.7 cm³/mol. The zero-order valence-electron chi connectivity index (χ0n) is 6.68. The summed E-state index contributed by atoms with van der Waals surface area (Å²) < 4.78 is 0. The predicted octanol–water partition coefficient (Wildman–Crippen LogP) is 6.09. The van der Waals surface area contributed by atoms with E-state index in [2.05, 4.69) is 31.9 Å². The third kappa shape index (κ3) is 2.36. The summed E-state index contributed by atoms with van der Waals surface area (Å²) in [5.74, 6) is 0. The van der Waals surface area contributed by atoms with Gasteiger partial charge in [0.05, 0.1) is 20.1 Å². The Labute approximate surface area is 119 Å². The van der Waals surface area contributed by atoms with Crippen molar-refractivity contribution in [1.82, 2.24) is 0 Å². The van der Waals surface area contributed by atoms with E-state index in [-0.39, 0.29) is 0 Å². The first-order valence-corrected chi connectivity index (χ1v) is 7.25. The van der Waals surface area contributed by atoms with Gasteiger partial charge in [-0.05, 0) is 11.1 Å². The minimum atomic E-state index is 0.303. The third-order valence-electron chi connectivity index (χ3n) is 1.74. The van der Waals surface area contributed by atoms with Crippen molar-refractivity contribution in [2.24, 2.45) is 0 Å². The lowest BCUT2D eigenvalue weighted by Gasteiger charge is -2.12. The van der Waals surface area contributed by atoms with Gasteiger partial charge in [0.2, 0.25) is 0 Å². The molecule has 0 saturated carbocycles. The molecule has 78 valence electrons. The molecule has 0 spiro atoms. The molecule has 0 amide bonds. The molecule has 0 fully saturated rings. The Hall–Kier alpha value is 1.34. The van der Waals surface area contributed by atoms with Gasteiger partial charge in [0.1, 0.15) is 0 Å². The molecule has 0 aliphatic carbocycles. The highest BCUT2D eigenvalue weighted by Gasteiger charge is 2.18. The van der Waals surface area contributed by atoms with Crippen molar-refractivity contribution < 1.29 is 0 Å². The van der Waals surface area contributed by atoms with E-state index < -0.39 is 0 Å². The second-order valence-electron chi connectivity index (χ2n) is 2.48. The molecular weight excluding hydrogens is 398 g/mol. The van der Waals surface area contributed by atoms with Crippen LogP contribution >= 0.6 is 78.3 Å². The van der Waals surface area contributed by atoms with Gasteiger partial charge < -0.3 is 0 Å². The number of hydrogen-bond donors (Lipinski definition) is 0. The van der Waals surface area contributed by atoms with Crippen molar-refractivity contribution in [3.63, 3.8) is 0 Å². The molecule has 0 N–H and O–H groups in total. The lowest BCUT2D eigenvalue weighted by atomic mass is 10.1. The number of alkyl halides is 2. The Kier molecular flexibility index (Phi) is 5.37. The molecule has 0 aliphatic heterocycles. The van der Waals surface area contributed by atoms with Crippen LogP contribution < -0.4 is 0 Å². The minimum Gasteiger partial charge on any atom is -0.0876 e. The summed E-state index contributed by atoms with van der Waals surface area (Å²) >= 11 is 30.5. The van der Waals surface area contributed by atoms with E-state index in [1.165, 1.54) is 0 Å². The first kappa shape index (κ1) is 13.4. The zero-order valence-corrected chi connectivity index (χ0v) is 12.9. The molecule has 0 radical (unpaired) electrons. The lowest BCUT2D eigenvalue weighted by Crippen LogP contribution is -1.93. The van der Waals surface area contributed by atoms with Crippen molar-refractivity contribution in [2.45, 2.75) is 10.7 Å². The normalized spacial score (nSPS) is 10.7. The van der Waals surface area contributed by atoms with E-state index in [1.54, 1.807) is 0 Å². The van der Waals surface area contributed by atoms with Crippen molar-refractivity contribution in [2.75, 3.05) is 0 Å². The van der Waals surface area contributed by atoms with E-state index in [9.17, 15) is 0 Å². The Bertz CT molecular complexity index is 330. The van der Waals surface area contributed by atoms with E-state index in [4.69, 9.17) is 46.4 Å². The highest BCUT2D eigenvalue weighted by Crippen LogP contribution is 2.42. The van der Waals surface area contributed by atoms with Crippen LogP contribution in [0.4, 0.5) is 0 Å². The fourth-order valence-corrected chi connectivity index (χ4v) is 3.63. The van der Waals surface area contributed by atoms with Gasteiger partial charge in [-0.25, -0.2) is 0 Å². The molecule has 1 aromatic carbocycles. The highest BCUT2D eigenvalue weighted by molar-refractivity contribution is 9.09. The second kappa shape index (κ2) is 5.60. The number of benzene rings is 1. The fourth-order valence-electron chi connectivity index (χ4n) is 1.00. The van der Waals surface area contributed by atoms with Crippen molar-refractivity contribution in [1.29, 1.82) is 0 Å². The Morgan fingerprint density at radius 1 is 0.643 bits per heavy atom. The summed E-state index contributed by atoms with van der Waals surface area (Å²) in [5.41, 5.74) is 1.73. The van der Waals surface area contributed by atoms with Gasteiger partial charge in [0.15, 0.2) is 0 Å². The van der Waals surface area contributed by atoms with Crippen LogP contribution in [0.2, 0.25) is 20.1 Å². The molecule has 0 heterocycles. The molecule has 0 aromatic heterocycles. The topological polar surface area (TPSA) is 0 Å². The van der Waals surface area contributed by atoms with Crippen LogP contribution in [-0.4, -0.2) is 0 Å². The molecule has 0 saturated heterocycles. The van der Waals surface area contributed by atoms with Crippen LogP contribution in [0.5, 0.6) is 0 Å². The van der Waals surface area contributed by atoms with Gasteiger partial charge in [-0.3, -0.25) is 0 Å². The van der Waals surface area contributed by atoms with Gasteiger partial charge in [-0.2, -0.15) is 0 Å². The number of hydrogen-bond acceptors (Lipinski definition) is 0. The van der Waals surface area contributed by atoms with Gasteiger partial charge in [0.25, 0.3) is 0 Å². The summed E-state index contributed by atoms with van der Waals surface area (Å²) in [7, 11) is 0. The molecule has 0 unspecified atom stereocenters. The standard InChI is InChI=1S/C8H4Br2Cl4/c9-1-3-4(2-10)6(12)8(14)7(13)5(3)11/h1-2H2. The summed E-state index contributed by atoms with van der Waals surface area (Å²) in [6.45, 7) is 0. The van der Waals surface area contributed by atoms with Crippen LogP contribution in [0.1, 0.15) is 11.1 Å². The quantitative estimate of drug-likeness (QED) is 0.319. The van der Waals surface area contributed by atoms with Crippen LogP contribution in [0.15, 0.2) is 0 Å². The SMILES string of the molecule is Clc1c(Cl)c(Cl)c(CBr)c(CBr)c1Cl. The van der Waals surface area contributed by atoms with Crippen molar-refractivity contribution in [3.8, 4) is 0 Å². The number of halogens is 6. The summed E-state index contributed by atoms with van der Waals surface area (Å²) in [6.07, 6.45) is 0. The van der Waals surface area contributed by atoms with Gasteiger partial charge in [-0.15, -0.1) is 0 Å². The maximum absolute atomic E-state index is 6.03. The molecule has 14 heavy (non-hydrogen) atoms. The Morgan fingerprint density at radius 2 is 0.929 bits per heavy atom. The number of rotatable bonds is 2. The fraction of sp³-hybridized carbons (Fsp3) is 0.250. The molecule has 1 rings (SSSR count). The largest absolute Gasteiger partial charge is 0.0876 e. The molecule has 1 aromatic rings. The van der Waals surface area contributed by atoms with Gasteiger partial charge in [0, 0.05) is 10.7 Å². The van der Waals surface area contributed by atoms with E-state index in [0.717, 1.165) is 11.1 Å². The first-order chi connectivity index (χ1) is 6.54. The zero-order chi connectivity index (χ0) is 10.9. The van der Waals surface area contributed by atoms with Gasteiger partial charge >= 0.3 is 0 Å². The Morgan fingerprint density at radius 3 is 1.14 bits per heavy atom. The molecule has 0 aliphatic rings. The van der Waals surface area contributed by atoms with Crippen LogP contribution in [-0.2, 0) is 10.7 Å². The van der Waals surface area contributed by atoms with Gasteiger partial charge in [-0.1, -0.05) is 78.3 Å². The highest BCUT2D eigenvalue weighted by atomic mass is 79.9. The van der Waals surface area contributed by atoms with Crippen LogP contribution in [0.3, 0.4) is 0 Å². The molecular formula is C8H4Br2Cl4. The summed E-state index contributed by atoms with van der Waals surface area (Å²) in [5, 5.41) is 2.68. The van der Waals surface area contributed by atoms with Crippen molar-refractivity contribution >= 4 is 78.3 Å². The minimum absolute atomic E-state index is 0.303. The van der Waals surface area contributed by atoms with Crippen LogP contribution in [0.25, 0.3) is 0 Å². The average molecular weight is 402 g/mol. The first-order valence-electron chi connectivity index (χ1n) is 3.50.